The van der Waals surface area contributed by atoms with Crippen LogP contribution in [-0.4, -0.2) is 14.3 Å². The molecule has 0 radical (unpaired) electrons. The number of halogens is 2. The molecule has 3 rings (SSSR count). The average Bonchev–Trinajstić information content (AvgIpc) is 3.14. The van der Waals surface area contributed by atoms with Crippen molar-refractivity contribution in [3.63, 3.8) is 0 Å². The molecule has 0 aliphatic carbocycles. The van der Waals surface area contributed by atoms with Crippen molar-refractivity contribution in [3.05, 3.63) is 83.0 Å². The molecule has 0 saturated carbocycles. The maximum Gasteiger partial charge on any atom is 0.255 e. The first kappa shape index (κ1) is 19.1. The fraction of sp³-hybridized carbons (Fsp3) is 0.0556. The van der Waals surface area contributed by atoms with Crippen molar-refractivity contribution in [2.75, 3.05) is 5.32 Å². The molecule has 1 heterocycles. The normalized spacial score (nSPS) is 11.3. The van der Waals surface area contributed by atoms with E-state index in [0.29, 0.717) is 16.5 Å². The molecule has 9 heteroatoms. The van der Waals surface area contributed by atoms with Crippen LogP contribution in [0, 0.1) is 5.82 Å². The highest BCUT2D eigenvalue weighted by Crippen LogP contribution is 2.19. The van der Waals surface area contributed by atoms with E-state index in [1.165, 1.54) is 18.4 Å². The number of nitrogens with one attached hydrogen (secondary N) is 2. The van der Waals surface area contributed by atoms with Crippen molar-refractivity contribution < 1.29 is 22.0 Å². The summed E-state index contributed by atoms with van der Waals surface area (Å²) < 4.78 is 46.1. The van der Waals surface area contributed by atoms with Crippen molar-refractivity contribution in [1.82, 2.24) is 4.72 Å². The van der Waals surface area contributed by atoms with Crippen molar-refractivity contribution in [3.8, 4) is 0 Å². The Kier molecular flexibility index (Phi) is 5.59. The third-order valence-corrected chi connectivity index (χ3v) is 5.23. The van der Waals surface area contributed by atoms with Crippen molar-refractivity contribution in [2.45, 2.75) is 11.4 Å². The molecule has 0 aliphatic rings. The van der Waals surface area contributed by atoms with Crippen LogP contribution in [0.1, 0.15) is 16.1 Å². The number of amides is 1. The Morgan fingerprint density at radius 1 is 1.11 bits per heavy atom. The Bertz CT molecular complexity index is 1070. The largest absolute Gasteiger partial charge is 0.468 e. The van der Waals surface area contributed by atoms with Gasteiger partial charge < -0.3 is 9.73 Å². The Morgan fingerprint density at radius 3 is 2.63 bits per heavy atom. The monoisotopic (exact) mass is 408 g/mol. The van der Waals surface area contributed by atoms with Crippen LogP contribution in [-0.2, 0) is 16.6 Å². The number of rotatable bonds is 6. The van der Waals surface area contributed by atoms with Gasteiger partial charge in [-0.25, -0.2) is 17.5 Å². The molecule has 2 aromatic carbocycles. The number of benzene rings is 2. The second-order valence-corrected chi connectivity index (χ2v) is 7.69. The molecule has 2 N–H and O–H groups in total. The van der Waals surface area contributed by atoms with Gasteiger partial charge in [-0.3, -0.25) is 4.79 Å². The van der Waals surface area contributed by atoms with Crippen molar-refractivity contribution >= 4 is 33.2 Å². The van der Waals surface area contributed by atoms with Crippen LogP contribution in [0.2, 0.25) is 5.02 Å². The molecule has 0 bridgehead atoms. The van der Waals surface area contributed by atoms with Gasteiger partial charge in [0.1, 0.15) is 16.5 Å². The fourth-order valence-corrected chi connectivity index (χ4v) is 3.56. The number of hydrogen-bond acceptors (Lipinski definition) is 4. The van der Waals surface area contributed by atoms with Crippen LogP contribution in [0.3, 0.4) is 0 Å². The van der Waals surface area contributed by atoms with Crippen LogP contribution >= 0.6 is 11.6 Å². The second kappa shape index (κ2) is 7.91. The van der Waals surface area contributed by atoms with Gasteiger partial charge in [-0.05, 0) is 48.5 Å². The van der Waals surface area contributed by atoms with Crippen LogP contribution in [0.4, 0.5) is 10.1 Å². The van der Waals surface area contributed by atoms with Gasteiger partial charge in [0.25, 0.3) is 5.91 Å². The van der Waals surface area contributed by atoms with E-state index in [0.717, 1.165) is 12.1 Å². The smallest absolute Gasteiger partial charge is 0.255 e. The molecule has 0 saturated heterocycles. The lowest BCUT2D eigenvalue weighted by Crippen LogP contribution is -2.24. The van der Waals surface area contributed by atoms with Gasteiger partial charge in [0.15, 0.2) is 0 Å². The summed E-state index contributed by atoms with van der Waals surface area (Å²) in [6.45, 7) is -0.145. The highest BCUT2D eigenvalue weighted by Gasteiger charge is 2.21. The fourth-order valence-electron chi connectivity index (χ4n) is 2.28. The van der Waals surface area contributed by atoms with E-state index in [2.05, 4.69) is 10.0 Å². The third-order valence-electron chi connectivity index (χ3n) is 3.58. The zero-order chi connectivity index (χ0) is 19.4. The summed E-state index contributed by atoms with van der Waals surface area (Å²) in [7, 11) is -4.19. The lowest BCUT2D eigenvalue weighted by Gasteiger charge is -2.10. The number of carbonyl (C=O) groups is 1. The Balaban J connectivity index is 1.81. The van der Waals surface area contributed by atoms with E-state index in [4.69, 9.17) is 16.0 Å². The molecule has 0 atom stereocenters. The van der Waals surface area contributed by atoms with E-state index in [9.17, 15) is 17.6 Å². The summed E-state index contributed by atoms with van der Waals surface area (Å²) in [5.41, 5.74) is 0.409. The Hall–Kier alpha value is -2.68. The number of furan rings is 1. The highest BCUT2D eigenvalue weighted by molar-refractivity contribution is 7.89. The van der Waals surface area contributed by atoms with Crippen LogP contribution in [0.15, 0.2) is 70.2 Å². The van der Waals surface area contributed by atoms with Crippen LogP contribution < -0.4 is 10.0 Å². The standard InChI is InChI=1S/C18H14ClFN2O4S/c19-13-3-1-4-14(10-13)22-18(23)12-6-7-16(20)17(9-12)27(24,25)21-11-15-5-2-8-26-15/h1-10,21H,11H2,(H,22,23). The zero-order valence-electron chi connectivity index (χ0n) is 13.8. The quantitative estimate of drug-likeness (QED) is 0.649. The summed E-state index contributed by atoms with van der Waals surface area (Å²) in [6.07, 6.45) is 1.39. The van der Waals surface area contributed by atoms with Gasteiger partial charge >= 0.3 is 0 Å². The summed E-state index contributed by atoms with van der Waals surface area (Å²) in [6, 6.07) is 12.7. The molecule has 6 nitrogen and oxygen atoms in total. The lowest BCUT2D eigenvalue weighted by atomic mass is 10.2. The lowest BCUT2D eigenvalue weighted by molar-refractivity contribution is 0.102. The predicted octanol–water partition coefficient (Wildman–Crippen LogP) is 3.80. The number of carbonyl (C=O) groups excluding carboxylic acids is 1. The van der Waals surface area contributed by atoms with Crippen molar-refractivity contribution in [2.24, 2.45) is 0 Å². The highest BCUT2D eigenvalue weighted by atomic mass is 35.5. The van der Waals surface area contributed by atoms with Crippen molar-refractivity contribution in [1.29, 1.82) is 0 Å². The minimum Gasteiger partial charge on any atom is -0.468 e. The molecule has 0 unspecified atom stereocenters. The van der Waals surface area contributed by atoms with E-state index >= 15 is 0 Å². The molecule has 1 aromatic heterocycles. The average molecular weight is 409 g/mol. The number of anilines is 1. The maximum atomic E-state index is 14.1. The maximum absolute atomic E-state index is 14.1. The first-order valence-corrected chi connectivity index (χ1v) is 9.60. The van der Waals surface area contributed by atoms with Gasteiger partial charge in [-0.15, -0.1) is 0 Å². The first-order valence-electron chi connectivity index (χ1n) is 7.74. The van der Waals surface area contributed by atoms with E-state index in [1.54, 1.807) is 30.3 Å². The van der Waals surface area contributed by atoms with E-state index < -0.39 is 26.6 Å². The molecule has 0 fully saturated rings. The van der Waals surface area contributed by atoms with Gasteiger partial charge in [-0.1, -0.05) is 17.7 Å². The third kappa shape index (κ3) is 4.73. The van der Waals surface area contributed by atoms with Gasteiger partial charge in [0.2, 0.25) is 10.0 Å². The topological polar surface area (TPSA) is 88.4 Å². The molecule has 140 valence electrons. The minimum atomic E-state index is -4.19. The molecule has 0 spiro atoms. The van der Waals surface area contributed by atoms with E-state index in [-0.39, 0.29) is 12.1 Å². The molecule has 27 heavy (non-hydrogen) atoms. The predicted molar refractivity (Wildman–Crippen MR) is 98.5 cm³/mol. The summed E-state index contributed by atoms with van der Waals surface area (Å²) >= 11 is 5.86. The summed E-state index contributed by atoms with van der Waals surface area (Å²) in [5.74, 6) is -1.20. The molecule has 1 amide bonds. The van der Waals surface area contributed by atoms with Crippen LogP contribution in [0.25, 0.3) is 0 Å². The Labute approximate surface area is 160 Å². The number of hydrogen-bond donors (Lipinski definition) is 2. The molecule has 3 aromatic rings. The van der Waals surface area contributed by atoms with Gasteiger partial charge in [0.05, 0.1) is 12.8 Å². The zero-order valence-corrected chi connectivity index (χ0v) is 15.4. The molecule has 0 aliphatic heterocycles. The second-order valence-electron chi connectivity index (χ2n) is 5.51. The molecular formula is C18H14ClFN2O4S. The Morgan fingerprint density at radius 2 is 1.93 bits per heavy atom. The van der Waals surface area contributed by atoms with Gasteiger partial charge in [-0.2, -0.15) is 0 Å². The van der Waals surface area contributed by atoms with E-state index in [1.807, 2.05) is 0 Å². The summed E-state index contributed by atoms with van der Waals surface area (Å²) in [5, 5.41) is 3.00. The van der Waals surface area contributed by atoms with Crippen LogP contribution in [0.5, 0.6) is 0 Å². The first-order chi connectivity index (χ1) is 12.8. The minimum absolute atomic E-state index is 0.0188. The SMILES string of the molecule is O=C(Nc1cccc(Cl)c1)c1ccc(F)c(S(=O)(=O)NCc2ccco2)c1. The number of sulfonamides is 1. The summed E-state index contributed by atoms with van der Waals surface area (Å²) in [4.78, 5) is 11.7. The molecular weight excluding hydrogens is 395 g/mol. The van der Waals surface area contributed by atoms with Gasteiger partial charge in [0, 0.05) is 16.3 Å².